The zero-order valence-corrected chi connectivity index (χ0v) is 12.9. The van der Waals surface area contributed by atoms with E-state index in [1.165, 1.54) is 18.4 Å². The fourth-order valence-electron chi connectivity index (χ4n) is 2.16. The highest BCUT2D eigenvalue weighted by molar-refractivity contribution is 7.98. The van der Waals surface area contributed by atoms with Gasteiger partial charge in [-0.25, -0.2) is 0 Å². The second kappa shape index (κ2) is 5.76. The van der Waals surface area contributed by atoms with Gasteiger partial charge in [-0.1, -0.05) is 35.5 Å². The van der Waals surface area contributed by atoms with E-state index in [0.717, 1.165) is 27.3 Å². The van der Waals surface area contributed by atoms with Crippen LogP contribution in [0.4, 0.5) is 0 Å². The standard InChI is InChI=1S/C14H17ClN4S/c1-9-2-3-10(12(15)6-9)8-20-14-18-17-13(7-16)19(14)11-4-5-11/h2-3,6,11H,4-5,7-8,16H2,1H3. The van der Waals surface area contributed by atoms with Crippen molar-refractivity contribution in [2.24, 2.45) is 5.73 Å². The molecule has 0 saturated heterocycles. The molecule has 1 aromatic heterocycles. The zero-order chi connectivity index (χ0) is 14.1. The van der Waals surface area contributed by atoms with E-state index in [2.05, 4.69) is 26.9 Å². The number of hydrogen-bond donors (Lipinski definition) is 1. The molecule has 1 aliphatic rings. The lowest BCUT2D eigenvalue weighted by molar-refractivity contribution is 0.626. The van der Waals surface area contributed by atoms with E-state index >= 15 is 0 Å². The second-order valence-electron chi connectivity index (χ2n) is 5.09. The summed E-state index contributed by atoms with van der Waals surface area (Å²) in [6, 6.07) is 6.69. The predicted molar refractivity (Wildman–Crippen MR) is 81.9 cm³/mol. The van der Waals surface area contributed by atoms with E-state index in [1.807, 2.05) is 13.0 Å². The Balaban J connectivity index is 1.76. The van der Waals surface area contributed by atoms with Gasteiger partial charge in [-0.05, 0) is 37.0 Å². The maximum Gasteiger partial charge on any atom is 0.191 e. The lowest BCUT2D eigenvalue weighted by atomic mass is 10.2. The number of aryl methyl sites for hydroxylation is 1. The smallest absolute Gasteiger partial charge is 0.191 e. The molecule has 106 valence electrons. The van der Waals surface area contributed by atoms with Crippen LogP contribution >= 0.6 is 23.4 Å². The van der Waals surface area contributed by atoms with E-state index in [9.17, 15) is 0 Å². The average Bonchev–Trinajstić information content (AvgIpc) is 3.18. The minimum Gasteiger partial charge on any atom is -0.324 e. The predicted octanol–water partition coefficient (Wildman–Crippen LogP) is 3.33. The number of benzene rings is 1. The van der Waals surface area contributed by atoms with Gasteiger partial charge in [-0.2, -0.15) is 0 Å². The van der Waals surface area contributed by atoms with Crippen LogP contribution < -0.4 is 5.73 Å². The lowest BCUT2D eigenvalue weighted by Gasteiger charge is -2.08. The van der Waals surface area contributed by atoms with E-state index in [4.69, 9.17) is 17.3 Å². The van der Waals surface area contributed by atoms with Crippen LogP contribution in [0.25, 0.3) is 0 Å². The molecule has 0 atom stereocenters. The van der Waals surface area contributed by atoms with Gasteiger partial charge in [0, 0.05) is 16.8 Å². The van der Waals surface area contributed by atoms with Crippen molar-refractivity contribution in [2.75, 3.05) is 0 Å². The van der Waals surface area contributed by atoms with E-state index in [0.29, 0.717) is 12.6 Å². The maximum absolute atomic E-state index is 6.27. The number of rotatable bonds is 5. The Labute approximate surface area is 127 Å². The van der Waals surface area contributed by atoms with E-state index in [1.54, 1.807) is 11.8 Å². The van der Waals surface area contributed by atoms with Crippen molar-refractivity contribution in [2.45, 2.75) is 43.3 Å². The molecule has 0 spiro atoms. The summed E-state index contributed by atoms with van der Waals surface area (Å²) in [6.07, 6.45) is 2.40. The Morgan fingerprint density at radius 3 is 2.85 bits per heavy atom. The highest BCUT2D eigenvalue weighted by atomic mass is 35.5. The molecule has 1 fully saturated rings. The van der Waals surface area contributed by atoms with Crippen LogP contribution in [0.2, 0.25) is 5.02 Å². The third-order valence-electron chi connectivity index (χ3n) is 3.40. The Hall–Kier alpha value is -1.04. The van der Waals surface area contributed by atoms with Gasteiger partial charge in [0.25, 0.3) is 0 Å². The van der Waals surface area contributed by atoms with Gasteiger partial charge >= 0.3 is 0 Å². The van der Waals surface area contributed by atoms with E-state index < -0.39 is 0 Å². The number of thioether (sulfide) groups is 1. The largest absolute Gasteiger partial charge is 0.324 e. The summed E-state index contributed by atoms with van der Waals surface area (Å²) < 4.78 is 2.19. The van der Waals surface area contributed by atoms with Crippen molar-refractivity contribution >= 4 is 23.4 Å². The molecule has 0 radical (unpaired) electrons. The zero-order valence-electron chi connectivity index (χ0n) is 11.3. The summed E-state index contributed by atoms with van der Waals surface area (Å²) >= 11 is 7.94. The van der Waals surface area contributed by atoms with Gasteiger partial charge in [-0.15, -0.1) is 10.2 Å². The van der Waals surface area contributed by atoms with Gasteiger partial charge in [0.2, 0.25) is 0 Å². The lowest BCUT2D eigenvalue weighted by Crippen LogP contribution is -2.08. The third-order valence-corrected chi connectivity index (χ3v) is 4.74. The molecule has 20 heavy (non-hydrogen) atoms. The summed E-state index contributed by atoms with van der Waals surface area (Å²) in [7, 11) is 0. The summed E-state index contributed by atoms with van der Waals surface area (Å²) in [5, 5.41) is 10.2. The van der Waals surface area contributed by atoms with Crippen molar-refractivity contribution in [3.63, 3.8) is 0 Å². The van der Waals surface area contributed by atoms with Crippen LogP contribution in [0.1, 0.15) is 35.8 Å². The number of hydrogen-bond acceptors (Lipinski definition) is 4. The van der Waals surface area contributed by atoms with Crippen molar-refractivity contribution in [3.8, 4) is 0 Å². The third kappa shape index (κ3) is 2.85. The van der Waals surface area contributed by atoms with Crippen molar-refractivity contribution in [3.05, 3.63) is 40.2 Å². The highest BCUT2D eigenvalue weighted by Crippen LogP contribution is 2.39. The fraction of sp³-hybridized carbons (Fsp3) is 0.429. The maximum atomic E-state index is 6.27. The van der Waals surface area contributed by atoms with Gasteiger partial charge in [0.05, 0.1) is 6.54 Å². The first kappa shape index (κ1) is 13.9. The van der Waals surface area contributed by atoms with Gasteiger partial charge in [-0.3, -0.25) is 0 Å². The minimum atomic E-state index is 0.440. The van der Waals surface area contributed by atoms with Crippen LogP contribution in [-0.4, -0.2) is 14.8 Å². The molecule has 2 aromatic rings. The second-order valence-corrected chi connectivity index (χ2v) is 6.44. The topological polar surface area (TPSA) is 56.7 Å². The number of halogens is 1. The van der Waals surface area contributed by atoms with Crippen LogP contribution in [0, 0.1) is 6.92 Å². The Morgan fingerprint density at radius 1 is 1.40 bits per heavy atom. The number of nitrogens with two attached hydrogens (primary N) is 1. The molecule has 0 bridgehead atoms. The summed E-state index contributed by atoms with van der Waals surface area (Å²) in [5.41, 5.74) is 8.03. The first-order chi connectivity index (χ1) is 9.69. The van der Waals surface area contributed by atoms with Gasteiger partial charge in [0.1, 0.15) is 5.82 Å². The molecule has 1 heterocycles. The fourth-order valence-corrected chi connectivity index (χ4v) is 3.57. The molecule has 1 aromatic carbocycles. The summed E-state index contributed by atoms with van der Waals surface area (Å²) in [4.78, 5) is 0. The van der Waals surface area contributed by atoms with Crippen LogP contribution in [0.15, 0.2) is 23.4 Å². The molecule has 3 rings (SSSR count). The highest BCUT2D eigenvalue weighted by Gasteiger charge is 2.29. The number of aromatic nitrogens is 3. The molecule has 2 N–H and O–H groups in total. The quantitative estimate of drug-likeness (QED) is 0.861. The summed E-state index contributed by atoms with van der Waals surface area (Å²) in [6.45, 7) is 2.48. The van der Waals surface area contributed by atoms with Gasteiger partial charge < -0.3 is 10.3 Å². The molecular formula is C14H17ClN4S. The van der Waals surface area contributed by atoms with Crippen LogP contribution in [-0.2, 0) is 12.3 Å². The molecule has 1 saturated carbocycles. The molecule has 1 aliphatic carbocycles. The Kier molecular flexibility index (Phi) is 4.01. The molecular weight excluding hydrogens is 292 g/mol. The van der Waals surface area contributed by atoms with Crippen molar-refractivity contribution in [1.82, 2.24) is 14.8 Å². The Bertz CT molecular complexity index is 622. The monoisotopic (exact) mass is 308 g/mol. The van der Waals surface area contributed by atoms with Crippen LogP contribution in [0.5, 0.6) is 0 Å². The first-order valence-corrected chi connectivity index (χ1v) is 8.07. The average molecular weight is 309 g/mol. The van der Waals surface area contributed by atoms with Gasteiger partial charge in [0.15, 0.2) is 5.16 Å². The SMILES string of the molecule is Cc1ccc(CSc2nnc(CN)n2C2CC2)c(Cl)c1. The Morgan fingerprint density at radius 2 is 2.20 bits per heavy atom. The van der Waals surface area contributed by atoms with E-state index in [-0.39, 0.29) is 0 Å². The normalized spacial score (nSPS) is 14.8. The molecule has 0 amide bonds. The minimum absolute atomic E-state index is 0.440. The summed E-state index contributed by atoms with van der Waals surface area (Å²) in [5.74, 6) is 1.68. The molecule has 4 nitrogen and oxygen atoms in total. The first-order valence-electron chi connectivity index (χ1n) is 6.70. The van der Waals surface area contributed by atoms with Crippen molar-refractivity contribution in [1.29, 1.82) is 0 Å². The molecule has 6 heteroatoms. The molecule has 0 aliphatic heterocycles. The molecule has 0 unspecified atom stereocenters. The number of nitrogens with zero attached hydrogens (tertiary/aromatic N) is 3. The van der Waals surface area contributed by atoms with Crippen molar-refractivity contribution < 1.29 is 0 Å². The van der Waals surface area contributed by atoms with Crippen LogP contribution in [0.3, 0.4) is 0 Å².